The van der Waals surface area contributed by atoms with Crippen molar-refractivity contribution in [3.8, 4) is 6.07 Å². The van der Waals surface area contributed by atoms with Gasteiger partial charge in [-0.1, -0.05) is 27.7 Å². The van der Waals surface area contributed by atoms with E-state index < -0.39 is 0 Å². The van der Waals surface area contributed by atoms with Crippen molar-refractivity contribution in [3.63, 3.8) is 0 Å². The van der Waals surface area contributed by atoms with Gasteiger partial charge < -0.3 is 14.2 Å². The van der Waals surface area contributed by atoms with Crippen LogP contribution in [0.3, 0.4) is 0 Å². The Hall–Kier alpha value is -1.95. The van der Waals surface area contributed by atoms with Gasteiger partial charge in [-0.3, -0.25) is 14.3 Å². The van der Waals surface area contributed by atoms with E-state index in [1.54, 1.807) is 26.3 Å². The number of rotatable bonds is 2. The van der Waals surface area contributed by atoms with Crippen molar-refractivity contribution in [3.05, 3.63) is 32.6 Å². The minimum Gasteiger partial charge on any atom is -0.356 e. The van der Waals surface area contributed by atoms with E-state index in [2.05, 4.69) is 32.7 Å². The molecule has 5 rings (SSSR count). The van der Waals surface area contributed by atoms with Crippen LogP contribution in [0.2, 0.25) is 0 Å². The van der Waals surface area contributed by atoms with Gasteiger partial charge in [0.05, 0.1) is 18.3 Å². The van der Waals surface area contributed by atoms with Crippen LogP contribution in [0.1, 0.15) is 72.1 Å². The number of aromatic nitrogens is 2. The summed E-state index contributed by atoms with van der Waals surface area (Å²) in [4.78, 5) is 25.6. The number of nitrogens with one attached hydrogen (secondary N) is 1. The smallest absolute Gasteiger partial charge is 0.330 e. The molecule has 190 valence electrons. The van der Waals surface area contributed by atoms with Crippen molar-refractivity contribution in [2.24, 2.45) is 35.5 Å². The highest BCUT2D eigenvalue weighted by atomic mass is 16.7. The first kappa shape index (κ1) is 26.7. The Balaban J connectivity index is 0.000000185. The van der Waals surface area contributed by atoms with Crippen LogP contribution < -0.4 is 11.2 Å². The van der Waals surface area contributed by atoms with Crippen LogP contribution >= 0.6 is 0 Å². The lowest BCUT2D eigenvalue weighted by molar-refractivity contribution is -0.123. The van der Waals surface area contributed by atoms with E-state index in [9.17, 15) is 9.59 Å². The molecule has 4 fully saturated rings. The third-order valence-corrected chi connectivity index (χ3v) is 8.20. The number of nitriles is 1. The molecule has 4 aliphatic rings. The first-order chi connectivity index (χ1) is 16.1. The average molecular weight is 476 g/mol. The second-order valence-electron chi connectivity index (χ2n) is 10.7. The van der Waals surface area contributed by atoms with E-state index in [1.165, 1.54) is 24.3 Å². The first-order valence-corrected chi connectivity index (χ1v) is 12.6. The van der Waals surface area contributed by atoms with Gasteiger partial charge in [0.15, 0.2) is 6.29 Å². The number of methoxy groups -OCH3 is 1. The maximum Gasteiger partial charge on any atom is 0.330 e. The third-order valence-electron chi connectivity index (χ3n) is 8.20. The number of fused-ring (bicyclic) bond motifs is 2. The second kappa shape index (κ2) is 11.2. The van der Waals surface area contributed by atoms with Crippen molar-refractivity contribution in [2.75, 3.05) is 7.11 Å². The van der Waals surface area contributed by atoms with Crippen molar-refractivity contribution >= 4 is 0 Å². The molecule has 2 unspecified atom stereocenters. The van der Waals surface area contributed by atoms with Crippen molar-refractivity contribution in [1.82, 2.24) is 9.55 Å². The van der Waals surface area contributed by atoms with Crippen LogP contribution in [0.15, 0.2) is 15.8 Å². The summed E-state index contributed by atoms with van der Waals surface area (Å²) in [5.74, 6) is 4.02. The van der Waals surface area contributed by atoms with Gasteiger partial charge in [-0.25, -0.2) is 4.79 Å². The molecule has 0 aromatic carbocycles. The predicted molar refractivity (Wildman–Crippen MR) is 129 cm³/mol. The number of hydrogen-bond donors (Lipinski definition) is 1. The summed E-state index contributed by atoms with van der Waals surface area (Å²) in [6, 6.07) is 1.75. The van der Waals surface area contributed by atoms with E-state index in [1.807, 2.05) is 0 Å². The fourth-order valence-electron chi connectivity index (χ4n) is 6.54. The fraction of sp³-hybridized carbons (Fsp3) is 0.808. The summed E-state index contributed by atoms with van der Waals surface area (Å²) < 4.78 is 18.6. The van der Waals surface area contributed by atoms with E-state index in [-0.39, 0.29) is 29.9 Å². The third kappa shape index (κ3) is 5.48. The molecule has 3 heterocycles. The SMILES string of the molecule is CC#N.COC1C[C@@H]2[C@H](O1)[C@H](C)C[C@H]2C.Cc1cn(C2C[C@@H]3[C@H](O2)[C@H](C)C[C@H]3C)c(=O)[nH]c1=O. The van der Waals surface area contributed by atoms with Crippen LogP contribution in [0, 0.1) is 53.8 Å². The zero-order valence-corrected chi connectivity index (χ0v) is 21.6. The molecule has 2 aliphatic heterocycles. The molecule has 34 heavy (non-hydrogen) atoms. The van der Waals surface area contributed by atoms with Crippen molar-refractivity contribution in [1.29, 1.82) is 5.26 Å². The number of ether oxygens (including phenoxy) is 3. The molecule has 0 spiro atoms. The molecule has 1 aromatic rings. The van der Waals surface area contributed by atoms with Crippen LogP contribution in [0.4, 0.5) is 0 Å². The first-order valence-electron chi connectivity index (χ1n) is 12.6. The van der Waals surface area contributed by atoms with Gasteiger partial charge in [0.25, 0.3) is 5.56 Å². The summed E-state index contributed by atoms with van der Waals surface area (Å²) in [5.41, 5.74) is -0.150. The van der Waals surface area contributed by atoms with Crippen molar-refractivity contribution < 1.29 is 14.2 Å². The predicted octanol–water partition coefficient (Wildman–Crippen LogP) is 3.99. The lowest BCUT2D eigenvalue weighted by Crippen LogP contribution is -2.33. The molecule has 0 radical (unpaired) electrons. The van der Waals surface area contributed by atoms with E-state index in [0.717, 1.165) is 30.6 Å². The maximum absolute atomic E-state index is 11.9. The molecule has 2 saturated carbocycles. The molecule has 0 bridgehead atoms. The lowest BCUT2D eigenvalue weighted by atomic mass is 9.94. The molecular formula is C26H41N3O5. The van der Waals surface area contributed by atoms with E-state index in [0.29, 0.717) is 29.4 Å². The highest BCUT2D eigenvalue weighted by Crippen LogP contribution is 2.48. The standard InChI is InChI=1S/C14H20N2O3.C10H18O2.C2H3N/c1-7-4-8(2)12-10(7)5-11(19-12)16-6-9(3)13(17)15-14(16)18;1-6-4-7(2)10-8(6)5-9(11-3)12-10;1-2-3/h6-8,10-12H,4-5H2,1-3H3,(H,15,17,18);6-10H,4-5H2,1-3H3;1H3/t7-,8-,10+,11?,12-;6-,7-,8+,9?,10-;/m11./s1. The summed E-state index contributed by atoms with van der Waals surface area (Å²) in [7, 11) is 1.74. The Bertz CT molecular complexity index is 950. The minimum absolute atomic E-state index is 0.0743. The summed E-state index contributed by atoms with van der Waals surface area (Å²) in [5, 5.41) is 7.32. The topological polar surface area (TPSA) is 106 Å². The van der Waals surface area contributed by atoms with Gasteiger partial charge in [-0.15, -0.1) is 0 Å². The van der Waals surface area contributed by atoms with Gasteiger partial charge >= 0.3 is 5.69 Å². The van der Waals surface area contributed by atoms with E-state index >= 15 is 0 Å². The highest BCUT2D eigenvalue weighted by molar-refractivity contribution is 5.03. The monoisotopic (exact) mass is 475 g/mol. The van der Waals surface area contributed by atoms with Crippen LogP contribution in [0.25, 0.3) is 0 Å². The van der Waals surface area contributed by atoms with Gasteiger partial charge in [-0.2, -0.15) is 5.26 Å². The number of aryl methyl sites for hydroxylation is 1. The Morgan fingerprint density at radius 1 is 0.971 bits per heavy atom. The fourth-order valence-corrected chi connectivity index (χ4v) is 6.54. The zero-order valence-electron chi connectivity index (χ0n) is 21.6. The van der Waals surface area contributed by atoms with E-state index in [4.69, 9.17) is 19.5 Å². The number of aromatic amines is 1. The van der Waals surface area contributed by atoms with Gasteiger partial charge in [0, 0.05) is 32.2 Å². The zero-order chi connectivity index (χ0) is 25.2. The second-order valence-corrected chi connectivity index (χ2v) is 10.7. The Morgan fingerprint density at radius 2 is 1.50 bits per heavy atom. The molecule has 2 aliphatic carbocycles. The summed E-state index contributed by atoms with van der Waals surface area (Å²) in [6.07, 6.45) is 6.67. The van der Waals surface area contributed by atoms with Crippen LogP contribution in [-0.2, 0) is 14.2 Å². The normalized spacial score (nSPS) is 39.8. The Kier molecular flexibility index (Phi) is 8.77. The van der Waals surface area contributed by atoms with Crippen molar-refractivity contribution in [2.45, 2.75) is 92.0 Å². The molecular weight excluding hydrogens is 434 g/mol. The molecule has 10 atom stereocenters. The van der Waals surface area contributed by atoms with Gasteiger partial charge in [0.2, 0.25) is 0 Å². The average Bonchev–Trinajstić information content (AvgIpc) is 3.51. The maximum atomic E-state index is 11.9. The summed E-state index contributed by atoms with van der Waals surface area (Å²) in [6.45, 7) is 12.2. The number of hydrogen-bond acceptors (Lipinski definition) is 6. The Labute approximate surface area is 202 Å². The van der Waals surface area contributed by atoms with Crippen LogP contribution in [0.5, 0.6) is 0 Å². The van der Waals surface area contributed by atoms with Crippen LogP contribution in [-0.4, -0.2) is 35.2 Å². The molecule has 1 N–H and O–H groups in total. The molecule has 8 heteroatoms. The molecule has 1 aromatic heterocycles. The highest BCUT2D eigenvalue weighted by Gasteiger charge is 2.48. The summed E-state index contributed by atoms with van der Waals surface area (Å²) >= 11 is 0. The molecule has 0 amide bonds. The largest absolute Gasteiger partial charge is 0.356 e. The number of H-pyrrole nitrogens is 1. The quantitative estimate of drug-likeness (QED) is 0.693. The van der Waals surface area contributed by atoms with Gasteiger partial charge in [-0.05, 0) is 61.7 Å². The number of nitrogens with zero attached hydrogens (tertiary/aromatic N) is 2. The molecule has 8 nitrogen and oxygen atoms in total. The van der Waals surface area contributed by atoms with Gasteiger partial charge in [0.1, 0.15) is 6.23 Å². The minimum atomic E-state index is -0.374. The lowest BCUT2D eigenvalue weighted by Gasteiger charge is -2.18. The Morgan fingerprint density at radius 3 is 2.00 bits per heavy atom. The molecule has 2 saturated heterocycles.